The van der Waals surface area contributed by atoms with E-state index in [4.69, 9.17) is 11.6 Å². The summed E-state index contributed by atoms with van der Waals surface area (Å²) in [4.78, 5) is 14.6. The maximum atomic E-state index is 13.1. The fourth-order valence-electron chi connectivity index (χ4n) is 3.27. The van der Waals surface area contributed by atoms with Gasteiger partial charge in [-0.1, -0.05) is 29.8 Å². The van der Waals surface area contributed by atoms with Gasteiger partial charge < -0.3 is 10.2 Å². The van der Waals surface area contributed by atoms with Crippen LogP contribution in [0.3, 0.4) is 0 Å². The van der Waals surface area contributed by atoms with Gasteiger partial charge in [-0.2, -0.15) is 0 Å². The average Bonchev–Trinajstić information content (AvgIpc) is 3.11. The number of rotatable bonds is 3. The van der Waals surface area contributed by atoms with Crippen LogP contribution in [0.5, 0.6) is 0 Å². The first-order chi connectivity index (χ1) is 13.0. The molecule has 1 unspecified atom stereocenters. The van der Waals surface area contributed by atoms with E-state index in [2.05, 4.69) is 15.5 Å². The molecule has 140 valence electrons. The third kappa shape index (κ3) is 3.38. The van der Waals surface area contributed by atoms with Gasteiger partial charge in [-0.05, 0) is 23.8 Å². The molecule has 1 aromatic carbocycles. The second-order valence-electron chi connectivity index (χ2n) is 6.28. The number of fused-ring (bicyclic) bond motifs is 1. The third-order valence-electron chi connectivity index (χ3n) is 4.61. The van der Waals surface area contributed by atoms with E-state index in [-0.39, 0.29) is 17.6 Å². The topological polar surface area (TPSA) is 62.5 Å². The van der Waals surface area contributed by atoms with E-state index in [1.54, 1.807) is 11.0 Å². The molecule has 0 radical (unpaired) electrons. The van der Waals surface area contributed by atoms with Gasteiger partial charge in [0.05, 0.1) is 11.6 Å². The van der Waals surface area contributed by atoms with Crippen LogP contribution in [-0.2, 0) is 0 Å². The Morgan fingerprint density at radius 1 is 1.22 bits per heavy atom. The van der Waals surface area contributed by atoms with Crippen LogP contribution >= 0.6 is 11.6 Å². The number of hydrogen-bond acceptors (Lipinski definition) is 4. The minimum absolute atomic E-state index is 0.0910. The van der Waals surface area contributed by atoms with Gasteiger partial charge in [0.1, 0.15) is 0 Å². The molecule has 0 spiro atoms. The van der Waals surface area contributed by atoms with Crippen LogP contribution in [0, 0.1) is 0 Å². The number of pyridine rings is 1. The molecule has 1 amide bonds. The standard InChI is InChI=1S/C18H16ClF2N5O/c19-13-4-2-1-3-12(13)14-10-25(8-7-22-14)18(27)11-5-6-15-23-24-17(16(20)21)26(15)9-11/h1-6,9,14,16,22H,7-8,10H2. The van der Waals surface area contributed by atoms with Crippen LogP contribution in [0.2, 0.25) is 5.02 Å². The lowest BCUT2D eigenvalue weighted by Crippen LogP contribution is -2.48. The van der Waals surface area contributed by atoms with Gasteiger partial charge in [0.2, 0.25) is 5.82 Å². The maximum absolute atomic E-state index is 13.1. The smallest absolute Gasteiger partial charge is 0.297 e. The Balaban J connectivity index is 1.59. The van der Waals surface area contributed by atoms with E-state index in [1.165, 1.54) is 12.3 Å². The Morgan fingerprint density at radius 3 is 2.81 bits per heavy atom. The van der Waals surface area contributed by atoms with Crippen LogP contribution in [0.1, 0.15) is 34.2 Å². The minimum Gasteiger partial charge on any atom is -0.335 e. The van der Waals surface area contributed by atoms with Crippen molar-refractivity contribution in [1.29, 1.82) is 0 Å². The van der Waals surface area contributed by atoms with E-state index in [9.17, 15) is 13.6 Å². The summed E-state index contributed by atoms with van der Waals surface area (Å²) in [5.41, 5.74) is 1.51. The molecule has 0 bridgehead atoms. The predicted octanol–water partition coefficient (Wildman–Crippen LogP) is 3.11. The van der Waals surface area contributed by atoms with Crippen molar-refractivity contribution >= 4 is 23.2 Å². The van der Waals surface area contributed by atoms with E-state index < -0.39 is 12.2 Å². The van der Waals surface area contributed by atoms with Crippen molar-refractivity contribution in [2.75, 3.05) is 19.6 Å². The number of hydrogen-bond donors (Lipinski definition) is 1. The SMILES string of the molecule is O=C(c1ccc2nnc(C(F)F)n2c1)N1CCNC(c2ccccc2Cl)C1. The first-order valence-electron chi connectivity index (χ1n) is 8.44. The second-order valence-corrected chi connectivity index (χ2v) is 6.69. The minimum atomic E-state index is -2.77. The third-order valence-corrected chi connectivity index (χ3v) is 4.96. The lowest BCUT2D eigenvalue weighted by molar-refractivity contribution is 0.0702. The quantitative estimate of drug-likeness (QED) is 0.745. The van der Waals surface area contributed by atoms with Crippen LogP contribution in [0.25, 0.3) is 5.65 Å². The van der Waals surface area contributed by atoms with Gasteiger partial charge in [-0.25, -0.2) is 8.78 Å². The van der Waals surface area contributed by atoms with Crippen molar-refractivity contribution in [3.63, 3.8) is 0 Å². The molecule has 3 heterocycles. The Hall–Kier alpha value is -2.58. The van der Waals surface area contributed by atoms with E-state index in [0.29, 0.717) is 30.2 Å². The number of aromatic nitrogens is 3. The number of piperazine rings is 1. The van der Waals surface area contributed by atoms with Crippen LogP contribution in [0.15, 0.2) is 42.6 Å². The van der Waals surface area contributed by atoms with Gasteiger partial charge in [0, 0.05) is 30.9 Å². The molecular weight excluding hydrogens is 376 g/mol. The van der Waals surface area contributed by atoms with Crippen LogP contribution in [-0.4, -0.2) is 45.0 Å². The Morgan fingerprint density at radius 2 is 2.04 bits per heavy atom. The van der Waals surface area contributed by atoms with Crippen molar-refractivity contribution in [1.82, 2.24) is 24.8 Å². The Kier molecular flexibility index (Phi) is 4.75. The molecule has 3 aromatic rings. The summed E-state index contributed by atoms with van der Waals surface area (Å²) < 4.78 is 27.3. The number of benzene rings is 1. The summed E-state index contributed by atoms with van der Waals surface area (Å²) in [6.45, 7) is 1.56. The summed E-state index contributed by atoms with van der Waals surface area (Å²) in [6.07, 6.45) is -1.40. The second kappa shape index (κ2) is 7.21. The lowest BCUT2D eigenvalue weighted by Gasteiger charge is -2.34. The fourth-order valence-corrected chi connectivity index (χ4v) is 3.53. The van der Waals surface area contributed by atoms with Crippen molar-refractivity contribution < 1.29 is 13.6 Å². The number of alkyl halides is 2. The Bertz CT molecular complexity index is 993. The zero-order valence-electron chi connectivity index (χ0n) is 14.1. The monoisotopic (exact) mass is 391 g/mol. The summed E-state index contributed by atoms with van der Waals surface area (Å²) in [5.74, 6) is -0.710. The molecule has 1 fully saturated rings. The zero-order valence-corrected chi connectivity index (χ0v) is 14.9. The number of halogens is 3. The highest BCUT2D eigenvalue weighted by Gasteiger charge is 2.27. The first kappa shape index (κ1) is 17.8. The molecule has 1 aliphatic heterocycles. The molecule has 0 saturated carbocycles. The van der Waals surface area contributed by atoms with E-state index in [1.807, 2.05) is 24.3 Å². The highest BCUT2D eigenvalue weighted by Crippen LogP contribution is 2.26. The van der Waals surface area contributed by atoms with E-state index >= 15 is 0 Å². The molecule has 1 N–H and O–H groups in total. The van der Waals surface area contributed by atoms with Crippen molar-refractivity contribution in [2.45, 2.75) is 12.5 Å². The molecule has 27 heavy (non-hydrogen) atoms. The summed E-state index contributed by atoms with van der Waals surface area (Å²) in [6, 6.07) is 10.5. The van der Waals surface area contributed by atoms with Crippen LogP contribution < -0.4 is 5.32 Å². The highest BCUT2D eigenvalue weighted by molar-refractivity contribution is 6.31. The van der Waals surface area contributed by atoms with E-state index in [0.717, 1.165) is 9.96 Å². The molecule has 2 aromatic heterocycles. The molecule has 1 atom stereocenters. The van der Waals surface area contributed by atoms with Gasteiger partial charge in [0.15, 0.2) is 5.65 Å². The molecule has 9 heteroatoms. The maximum Gasteiger partial charge on any atom is 0.297 e. The average molecular weight is 392 g/mol. The van der Waals surface area contributed by atoms with Gasteiger partial charge >= 0.3 is 0 Å². The summed E-state index contributed by atoms with van der Waals surface area (Å²) in [7, 11) is 0. The summed E-state index contributed by atoms with van der Waals surface area (Å²) in [5, 5.41) is 11.2. The number of carbonyl (C=O) groups excluding carboxylic acids is 1. The first-order valence-corrected chi connectivity index (χ1v) is 8.82. The number of carbonyl (C=O) groups is 1. The largest absolute Gasteiger partial charge is 0.335 e. The van der Waals surface area contributed by atoms with Gasteiger partial charge in [0.25, 0.3) is 12.3 Å². The Labute approximate surface area is 158 Å². The molecule has 4 rings (SSSR count). The predicted molar refractivity (Wildman–Crippen MR) is 96.0 cm³/mol. The van der Waals surface area contributed by atoms with Gasteiger partial charge in [-0.3, -0.25) is 9.20 Å². The molecule has 1 saturated heterocycles. The summed E-state index contributed by atoms with van der Waals surface area (Å²) >= 11 is 6.27. The van der Waals surface area contributed by atoms with Crippen molar-refractivity contribution in [2.24, 2.45) is 0 Å². The fraction of sp³-hybridized carbons (Fsp3) is 0.278. The number of nitrogens with zero attached hydrogens (tertiary/aromatic N) is 4. The molecule has 6 nitrogen and oxygen atoms in total. The molecule has 1 aliphatic rings. The van der Waals surface area contributed by atoms with Crippen LogP contribution in [0.4, 0.5) is 8.78 Å². The lowest BCUT2D eigenvalue weighted by atomic mass is 10.0. The van der Waals surface area contributed by atoms with Gasteiger partial charge in [-0.15, -0.1) is 10.2 Å². The zero-order chi connectivity index (χ0) is 19.0. The number of amides is 1. The number of nitrogens with one attached hydrogen (secondary N) is 1. The highest BCUT2D eigenvalue weighted by atomic mass is 35.5. The molecular formula is C18H16ClF2N5O. The van der Waals surface area contributed by atoms with Crippen molar-refractivity contribution in [3.8, 4) is 0 Å². The normalized spacial score (nSPS) is 17.6. The molecule has 0 aliphatic carbocycles. The van der Waals surface area contributed by atoms with Crippen molar-refractivity contribution in [3.05, 3.63) is 64.6 Å².